The van der Waals surface area contributed by atoms with E-state index in [4.69, 9.17) is 0 Å². The third-order valence-corrected chi connectivity index (χ3v) is 5.26. The molecule has 2 aromatic rings. The van der Waals surface area contributed by atoms with Gasteiger partial charge in [0.25, 0.3) is 0 Å². The quantitative estimate of drug-likeness (QED) is 0.932. The van der Waals surface area contributed by atoms with Gasteiger partial charge in [0.05, 0.1) is 22.0 Å². The van der Waals surface area contributed by atoms with Crippen LogP contribution in [0.5, 0.6) is 0 Å². The first-order valence-electron chi connectivity index (χ1n) is 6.99. The lowest BCUT2D eigenvalue weighted by molar-refractivity contribution is 0.146. The summed E-state index contributed by atoms with van der Waals surface area (Å²) in [7, 11) is 1.93. The maximum absolute atomic E-state index is 10.5. The molecule has 3 nitrogen and oxygen atoms in total. The summed E-state index contributed by atoms with van der Waals surface area (Å²) < 4.78 is 2.89. The molecule has 4 heteroatoms. The van der Waals surface area contributed by atoms with Gasteiger partial charge in [-0.05, 0) is 46.7 Å². The SMILES string of the molecule is Cc1nn(C)c(CC(O)C2CC2c2ccccc2)c1Br. The van der Waals surface area contributed by atoms with E-state index in [1.807, 2.05) is 24.7 Å². The number of aromatic nitrogens is 2. The molecule has 1 aromatic heterocycles. The Morgan fingerprint density at radius 2 is 2.10 bits per heavy atom. The smallest absolute Gasteiger partial charge is 0.0738 e. The number of rotatable bonds is 4. The molecule has 0 bridgehead atoms. The zero-order chi connectivity index (χ0) is 14.3. The molecule has 0 saturated heterocycles. The van der Waals surface area contributed by atoms with E-state index in [2.05, 4.69) is 45.3 Å². The van der Waals surface area contributed by atoms with E-state index in [0.29, 0.717) is 18.3 Å². The van der Waals surface area contributed by atoms with Gasteiger partial charge in [-0.3, -0.25) is 4.68 Å². The molecular formula is C16H19BrN2O. The number of hydrogen-bond acceptors (Lipinski definition) is 2. The summed E-state index contributed by atoms with van der Waals surface area (Å²) in [5, 5.41) is 14.8. The summed E-state index contributed by atoms with van der Waals surface area (Å²) in [6.07, 6.45) is 1.44. The maximum Gasteiger partial charge on any atom is 0.0738 e. The summed E-state index contributed by atoms with van der Waals surface area (Å²) in [5.41, 5.74) is 3.40. The average molecular weight is 335 g/mol. The van der Waals surface area contributed by atoms with E-state index in [1.165, 1.54) is 5.56 Å². The minimum Gasteiger partial charge on any atom is -0.392 e. The van der Waals surface area contributed by atoms with Crippen molar-refractivity contribution in [2.24, 2.45) is 13.0 Å². The van der Waals surface area contributed by atoms with Gasteiger partial charge in [0.2, 0.25) is 0 Å². The van der Waals surface area contributed by atoms with Crippen LogP contribution in [-0.2, 0) is 13.5 Å². The highest BCUT2D eigenvalue weighted by Crippen LogP contribution is 2.50. The van der Waals surface area contributed by atoms with Gasteiger partial charge in [-0.15, -0.1) is 0 Å². The van der Waals surface area contributed by atoms with Gasteiger partial charge in [0, 0.05) is 13.5 Å². The average Bonchev–Trinajstić information content (AvgIpc) is 3.20. The van der Waals surface area contributed by atoms with Crippen LogP contribution in [0, 0.1) is 12.8 Å². The molecule has 0 amide bonds. The molecule has 1 aromatic carbocycles. The Bertz CT molecular complexity index is 608. The molecule has 1 aliphatic carbocycles. The number of aliphatic hydroxyl groups is 1. The van der Waals surface area contributed by atoms with Gasteiger partial charge in [0.15, 0.2) is 0 Å². The fourth-order valence-corrected chi connectivity index (χ4v) is 3.47. The van der Waals surface area contributed by atoms with Gasteiger partial charge in [0.1, 0.15) is 0 Å². The molecule has 0 radical (unpaired) electrons. The second kappa shape index (κ2) is 5.34. The molecule has 0 spiro atoms. The maximum atomic E-state index is 10.5. The first kappa shape index (κ1) is 13.8. The number of hydrogen-bond donors (Lipinski definition) is 1. The van der Waals surface area contributed by atoms with Crippen LogP contribution in [0.4, 0.5) is 0 Å². The summed E-state index contributed by atoms with van der Waals surface area (Å²) in [6, 6.07) is 10.5. The van der Waals surface area contributed by atoms with Crippen LogP contribution in [0.15, 0.2) is 34.8 Å². The van der Waals surface area contributed by atoms with Crippen molar-refractivity contribution < 1.29 is 5.11 Å². The number of benzene rings is 1. The van der Waals surface area contributed by atoms with Crippen LogP contribution in [0.25, 0.3) is 0 Å². The van der Waals surface area contributed by atoms with E-state index < -0.39 is 0 Å². The summed E-state index contributed by atoms with van der Waals surface area (Å²) in [6.45, 7) is 1.98. The highest BCUT2D eigenvalue weighted by Gasteiger charge is 2.43. The fraction of sp³-hybridized carbons (Fsp3) is 0.438. The van der Waals surface area contributed by atoms with Crippen molar-refractivity contribution >= 4 is 15.9 Å². The predicted molar refractivity (Wildman–Crippen MR) is 82.6 cm³/mol. The first-order valence-corrected chi connectivity index (χ1v) is 7.78. The molecule has 0 aliphatic heterocycles. The monoisotopic (exact) mass is 334 g/mol. The topological polar surface area (TPSA) is 38.0 Å². The van der Waals surface area contributed by atoms with Gasteiger partial charge < -0.3 is 5.11 Å². The van der Waals surface area contributed by atoms with Gasteiger partial charge >= 0.3 is 0 Å². The van der Waals surface area contributed by atoms with Crippen LogP contribution in [-0.4, -0.2) is 21.0 Å². The Balaban J connectivity index is 1.68. The first-order chi connectivity index (χ1) is 9.58. The van der Waals surface area contributed by atoms with Gasteiger partial charge in [-0.1, -0.05) is 30.3 Å². The fourth-order valence-electron chi connectivity index (χ4n) is 2.97. The van der Waals surface area contributed by atoms with Crippen molar-refractivity contribution in [3.8, 4) is 0 Å². The van der Waals surface area contributed by atoms with Crippen LogP contribution in [0.2, 0.25) is 0 Å². The van der Waals surface area contributed by atoms with E-state index in [9.17, 15) is 5.11 Å². The number of aliphatic hydroxyl groups excluding tert-OH is 1. The molecule has 20 heavy (non-hydrogen) atoms. The van der Waals surface area contributed by atoms with Crippen LogP contribution in [0.1, 0.15) is 29.3 Å². The Labute approximate surface area is 127 Å². The third kappa shape index (κ3) is 2.54. The van der Waals surface area contributed by atoms with Crippen molar-refractivity contribution in [2.75, 3.05) is 0 Å². The van der Waals surface area contributed by atoms with Crippen molar-refractivity contribution in [1.29, 1.82) is 0 Å². The molecule has 1 heterocycles. The summed E-state index contributed by atoms with van der Waals surface area (Å²) >= 11 is 3.56. The van der Waals surface area contributed by atoms with E-state index in [0.717, 1.165) is 22.3 Å². The molecule has 3 rings (SSSR count). The zero-order valence-electron chi connectivity index (χ0n) is 11.8. The van der Waals surface area contributed by atoms with Gasteiger partial charge in [-0.25, -0.2) is 0 Å². The Morgan fingerprint density at radius 3 is 2.70 bits per heavy atom. The van der Waals surface area contributed by atoms with E-state index in [1.54, 1.807) is 0 Å². The van der Waals surface area contributed by atoms with Crippen molar-refractivity contribution in [3.63, 3.8) is 0 Å². The molecule has 106 valence electrons. The minimum atomic E-state index is -0.300. The normalized spacial score (nSPS) is 22.8. The zero-order valence-corrected chi connectivity index (χ0v) is 13.3. The van der Waals surface area contributed by atoms with Crippen molar-refractivity contribution in [1.82, 2.24) is 9.78 Å². The summed E-state index contributed by atoms with van der Waals surface area (Å²) in [4.78, 5) is 0. The molecule has 1 saturated carbocycles. The minimum absolute atomic E-state index is 0.300. The molecule has 1 fully saturated rings. The summed E-state index contributed by atoms with van der Waals surface area (Å²) in [5.74, 6) is 0.888. The van der Waals surface area contributed by atoms with Crippen LogP contribution < -0.4 is 0 Å². The van der Waals surface area contributed by atoms with Gasteiger partial charge in [-0.2, -0.15) is 5.10 Å². The highest BCUT2D eigenvalue weighted by molar-refractivity contribution is 9.10. The Hall–Kier alpha value is -1.13. The Morgan fingerprint density at radius 1 is 1.40 bits per heavy atom. The van der Waals surface area contributed by atoms with Crippen LogP contribution in [0.3, 0.4) is 0 Å². The molecular weight excluding hydrogens is 316 g/mol. The second-order valence-corrected chi connectivity index (χ2v) is 6.45. The van der Waals surface area contributed by atoms with Crippen molar-refractivity contribution in [2.45, 2.75) is 31.8 Å². The van der Waals surface area contributed by atoms with E-state index >= 15 is 0 Å². The van der Waals surface area contributed by atoms with Crippen LogP contribution >= 0.6 is 15.9 Å². The second-order valence-electron chi connectivity index (χ2n) is 5.66. The lowest BCUT2D eigenvalue weighted by Gasteiger charge is -2.11. The number of halogens is 1. The molecule has 1 aliphatic rings. The predicted octanol–water partition coefficient (Wildman–Crippen LogP) is 3.20. The molecule has 1 N–H and O–H groups in total. The number of aryl methyl sites for hydroxylation is 2. The molecule has 3 unspecified atom stereocenters. The number of nitrogens with zero attached hydrogens (tertiary/aromatic N) is 2. The molecule has 3 atom stereocenters. The lowest BCUT2D eigenvalue weighted by Crippen LogP contribution is -2.16. The lowest BCUT2D eigenvalue weighted by atomic mass is 10.0. The van der Waals surface area contributed by atoms with E-state index in [-0.39, 0.29) is 6.10 Å². The Kier molecular flexibility index (Phi) is 3.69. The highest BCUT2D eigenvalue weighted by atomic mass is 79.9. The van der Waals surface area contributed by atoms with Crippen molar-refractivity contribution in [3.05, 3.63) is 51.8 Å². The largest absolute Gasteiger partial charge is 0.392 e. The standard InChI is InChI=1S/C16H19BrN2O/c1-10-16(17)14(19(2)18-10)9-15(20)13-8-12(13)11-6-4-3-5-7-11/h3-7,12-13,15,20H,8-9H2,1-2H3. The third-order valence-electron chi connectivity index (χ3n) is 4.23.